The Morgan fingerprint density at radius 3 is 2.33 bits per heavy atom. The highest BCUT2D eigenvalue weighted by atomic mass is 19.4. The van der Waals surface area contributed by atoms with Crippen LogP contribution in [0.3, 0.4) is 0 Å². The number of nitrogens with one attached hydrogen (secondary N) is 1. The molecule has 0 heterocycles. The number of amides is 1. The molecule has 1 amide bonds. The molecular weight excluding hydrogens is 243 g/mol. The molecule has 0 spiro atoms. The van der Waals surface area contributed by atoms with Gasteiger partial charge in [0.15, 0.2) is 0 Å². The van der Waals surface area contributed by atoms with Gasteiger partial charge in [-0.1, -0.05) is 19.9 Å². The lowest BCUT2D eigenvalue weighted by Crippen LogP contribution is -2.36. The van der Waals surface area contributed by atoms with Crippen LogP contribution in [0.2, 0.25) is 0 Å². The normalized spacial score (nSPS) is 13.5. The van der Waals surface area contributed by atoms with Gasteiger partial charge < -0.3 is 5.32 Å². The minimum atomic E-state index is -4.43. The smallest absolute Gasteiger partial charge is 0.349 e. The molecule has 18 heavy (non-hydrogen) atoms. The van der Waals surface area contributed by atoms with Gasteiger partial charge in [-0.05, 0) is 31.0 Å². The van der Waals surface area contributed by atoms with Gasteiger partial charge in [0.05, 0.1) is 5.56 Å². The molecular formula is C13H16F3NO. The van der Waals surface area contributed by atoms with E-state index in [1.165, 1.54) is 12.1 Å². The maximum Gasteiger partial charge on any atom is 0.416 e. The summed E-state index contributed by atoms with van der Waals surface area (Å²) in [4.78, 5) is 11.8. The molecule has 0 aromatic heterocycles. The number of rotatable bonds is 3. The van der Waals surface area contributed by atoms with Crippen molar-refractivity contribution in [2.45, 2.75) is 33.0 Å². The van der Waals surface area contributed by atoms with E-state index in [1.807, 2.05) is 20.8 Å². The van der Waals surface area contributed by atoms with Crippen LogP contribution in [0.5, 0.6) is 0 Å². The van der Waals surface area contributed by atoms with Crippen LogP contribution in [0.4, 0.5) is 13.2 Å². The largest absolute Gasteiger partial charge is 0.416 e. The van der Waals surface area contributed by atoms with Gasteiger partial charge in [0.1, 0.15) is 0 Å². The number of hydrogen-bond acceptors (Lipinski definition) is 1. The van der Waals surface area contributed by atoms with Gasteiger partial charge in [-0.25, -0.2) is 0 Å². The average molecular weight is 259 g/mol. The predicted octanol–water partition coefficient (Wildman–Crippen LogP) is 3.48. The zero-order chi connectivity index (χ0) is 13.9. The number of halogens is 3. The van der Waals surface area contributed by atoms with Crippen molar-refractivity contribution in [2.24, 2.45) is 5.92 Å². The Balaban J connectivity index is 2.87. The molecule has 0 saturated carbocycles. The third kappa shape index (κ3) is 3.75. The summed E-state index contributed by atoms with van der Waals surface area (Å²) in [7, 11) is 0. The molecule has 0 radical (unpaired) electrons. The maximum absolute atomic E-state index is 12.5. The molecule has 1 unspecified atom stereocenters. The Morgan fingerprint density at radius 1 is 1.22 bits per heavy atom. The third-order valence-electron chi connectivity index (χ3n) is 2.81. The van der Waals surface area contributed by atoms with Crippen LogP contribution < -0.4 is 5.32 Å². The molecule has 1 atom stereocenters. The van der Waals surface area contributed by atoms with E-state index in [4.69, 9.17) is 0 Å². The summed E-state index contributed by atoms with van der Waals surface area (Å²) in [5, 5.41) is 2.67. The highest BCUT2D eigenvalue weighted by Gasteiger charge is 2.30. The summed E-state index contributed by atoms with van der Waals surface area (Å²) in [6.45, 7) is 5.67. The fourth-order valence-corrected chi connectivity index (χ4v) is 1.29. The van der Waals surface area contributed by atoms with Gasteiger partial charge in [0.25, 0.3) is 5.91 Å². The highest BCUT2D eigenvalue weighted by molar-refractivity contribution is 5.94. The Bertz CT molecular complexity index is 426. The van der Waals surface area contributed by atoms with E-state index >= 15 is 0 Å². The molecule has 100 valence electrons. The van der Waals surface area contributed by atoms with Crippen molar-refractivity contribution >= 4 is 5.91 Å². The lowest BCUT2D eigenvalue weighted by atomic mass is 10.1. The number of alkyl halides is 3. The van der Waals surface area contributed by atoms with Gasteiger partial charge >= 0.3 is 6.18 Å². The Morgan fingerprint density at radius 2 is 1.83 bits per heavy atom. The molecule has 1 aromatic carbocycles. The van der Waals surface area contributed by atoms with Crippen LogP contribution in [-0.2, 0) is 6.18 Å². The fourth-order valence-electron chi connectivity index (χ4n) is 1.29. The van der Waals surface area contributed by atoms with Crippen LogP contribution in [0.15, 0.2) is 24.3 Å². The zero-order valence-electron chi connectivity index (χ0n) is 10.5. The lowest BCUT2D eigenvalue weighted by molar-refractivity contribution is -0.137. The summed E-state index contributed by atoms with van der Waals surface area (Å²) in [6, 6.07) is 4.33. The first-order valence-corrected chi connectivity index (χ1v) is 5.70. The summed E-state index contributed by atoms with van der Waals surface area (Å²) >= 11 is 0. The molecule has 0 aliphatic heterocycles. The average Bonchev–Trinajstić information content (AvgIpc) is 2.27. The predicted molar refractivity (Wildman–Crippen MR) is 63.2 cm³/mol. The number of hydrogen-bond donors (Lipinski definition) is 1. The SMILES string of the molecule is CC(C)C(C)NC(=O)c1cccc(C(F)(F)F)c1. The van der Waals surface area contributed by atoms with Crippen molar-refractivity contribution in [3.63, 3.8) is 0 Å². The van der Waals surface area contributed by atoms with Gasteiger partial charge in [-0.2, -0.15) is 13.2 Å². The summed E-state index contributed by atoms with van der Waals surface area (Å²) in [6.07, 6.45) is -4.43. The summed E-state index contributed by atoms with van der Waals surface area (Å²) < 4.78 is 37.5. The van der Waals surface area contributed by atoms with E-state index in [-0.39, 0.29) is 17.5 Å². The summed E-state index contributed by atoms with van der Waals surface area (Å²) in [5.74, 6) is -0.262. The second-order valence-electron chi connectivity index (χ2n) is 4.58. The molecule has 0 aliphatic rings. The number of carbonyl (C=O) groups is 1. The quantitative estimate of drug-likeness (QED) is 0.884. The first kappa shape index (κ1) is 14.5. The van der Waals surface area contributed by atoms with Gasteiger partial charge in [0.2, 0.25) is 0 Å². The molecule has 1 N–H and O–H groups in total. The Labute approximate surface area is 104 Å². The zero-order valence-corrected chi connectivity index (χ0v) is 10.5. The molecule has 1 aromatic rings. The molecule has 5 heteroatoms. The van der Waals surface area contributed by atoms with E-state index in [9.17, 15) is 18.0 Å². The van der Waals surface area contributed by atoms with Crippen molar-refractivity contribution in [3.05, 3.63) is 35.4 Å². The Hall–Kier alpha value is -1.52. The Kier molecular flexibility index (Phi) is 4.38. The number of benzene rings is 1. The molecule has 0 saturated heterocycles. The molecule has 0 bridgehead atoms. The van der Waals surface area contributed by atoms with E-state index in [0.29, 0.717) is 0 Å². The second-order valence-corrected chi connectivity index (χ2v) is 4.58. The van der Waals surface area contributed by atoms with Crippen LogP contribution in [0.25, 0.3) is 0 Å². The first-order chi connectivity index (χ1) is 8.21. The number of carbonyl (C=O) groups excluding carboxylic acids is 1. The fraction of sp³-hybridized carbons (Fsp3) is 0.462. The second kappa shape index (κ2) is 5.42. The van der Waals surface area contributed by atoms with Crippen LogP contribution >= 0.6 is 0 Å². The van der Waals surface area contributed by atoms with Gasteiger partial charge in [-0.15, -0.1) is 0 Å². The van der Waals surface area contributed by atoms with Crippen LogP contribution in [0, 0.1) is 5.92 Å². The molecule has 0 fully saturated rings. The van der Waals surface area contributed by atoms with E-state index in [2.05, 4.69) is 5.32 Å². The maximum atomic E-state index is 12.5. The van der Waals surface area contributed by atoms with Crippen molar-refractivity contribution in [1.82, 2.24) is 5.32 Å². The highest BCUT2D eigenvalue weighted by Crippen LogP contribution is 2.29. The van der Waals surface area contributed by atoms with Crippen molar-refractivity contribution in [3.8, 4) is 0 Å². The summed E-state index contributed by atoms with van der Waals surface area (Å²) in [5.41, 5.74) is -0.787. The van der Waals surface area contributed by atoms with Gasteiger partial charge in [-0.3, -0.25) is 4.79 Å². The van der Waals surface area contributed by atoms with Crippen molar-refractivity contribution < 1.29 is 18.0 Å². The minimum absolute atomic E-state index is 0.0253. The topological polar surface area (TPSA) is 29.1 Å². The molecule has 2 nitrogen and oxygen atoms in total. The first-order valence-electron chi connectivity index (χ1n) is 5.70. The van der Waals surface area contributed by atoms with Crippen LogP contribution in [-0.4, -0.2) is 11.9 Å². The van der Waals surface area contributed by atoms with Crippen LogP contribution in [0.1, 0.15) is 36.7 Å². The minimum Gasteiger partial charge on any atom is -0.349 e. The molecule has 1 rings (SSSR count). The standard InChI is InChI=1S/C13H16F3NO/c1-8(2)9(3)17-12(18)10-5-4-6-11(7-10)13(14,15)16/h4-9H,1-3H3,(H,17,18). The van der Waals surface area contributed by atoms with E-state index in [1.54, 1.807) is 0 Å². The van der Waals surface area contributed by atoms with Gasteiger partial charge in [0, 0.05) is 11.6 Å². The van der Waals surface area contributed by atoms with Crippen molar-refractivity contribution in [1.29, 1.82) is 0 Å². The lowest BCUT2D eigenvalue weighted by Gasteiger charge is -2.17. The van der Waals surface area contributed by atoms with Crippen molar-refractivity contribution in [2.75, 3.05) is 0 Å². The molecule has 0 aliphatic carbocycles. The van der Waals surface area contributed by atoms with E-state index < -0.39 is 17.6 Å². The third-order valence-corrected chi connectivity index (χ3v) is 2.81. The van der Waals surface area contributed by atoms with E-state index in [0.717, 1.165) is 12.1 Å². The monoisotopic (exact) mass is 259 g/mol.